The topological polar surface area (TPSA) is 117 Å². The molecule has 10 nitrogen and oxygen atoms in total. The zero-order valence-corrected chi connectivity index (χ0v) is 21.9. The third kappa shape index (κ3) is 4.58. The molecule has 5 aromatic rings. The number of para-hydroxylation sites is 1. The number of fused-ring (bicyclic) bond motifs is 1. The summed E-state index contributed by atoms with van der Waals surface area (Å²) >= 11 is 12.8. The van der Waals surface area contributed by atoms with Crippen molar-refractivity contribution in [1.29, 1.82) is 0 Å². The van der Waals surface area contributed by atoms with E-state index < -0.39 is 5.56 Å². The van der Waals surface area contributed by atoms with Gasteiger partial charge in [0.1, 0.15) is 22.7 Å². The highest BCUT2D eigenvalue weighted by molar-refractivity contribution is 6.37. The minimum absolute atomic E-state index is 0.262. The second kappa shape index (κ2) is 10.1. The Kier molecular flexibility index (Phi) is 6.44. The normalized spacial score (nSPS) is 13.7. The van der Waals surface area contributed by atoms with Gasteiger partial charge < -0.3 is 20.5 Å². The van der Waals surface area contributed by atoms with Gasteiger partial charge in [-0.25, -0.2) is 15.0 Å². The van der Waals surface area contributed by atoms with E-state index in [4.69, 9.17) is 23.2 Å². The van der Waals surface area contributed by atoms with Crippen LogP contribution in [0.4, 0.5) is 17.3 Å². The van der Waals surface area contributed by atoms with Crippen LogP contribution in [0.25, 0.3) is 28.0 Å². The molecular weight excluding hydrogens is 525 g/mol. The summed E-state index contributed by atoms with van der Waals surface area (Å²) in [5, 5.41) is 12.1. The molecule has 4 heterocycles. The fraction of sp³-hybridized carbons (Fsp3) is 0.192. The number of imidazole rings is 1. The lowest BCUT2D eigenvalue weighted by Crippen LogP contribution is -2.43. The number of halogens is 2. The van der Waals surface area contributed by atoms with Crippen LogP contribution in [0.15, 0.2) is 59.7 Å². The Bertz CT molecular complexity index is 1670. The van der Waals surface area contributed by atoms with Crippen molar-refractivity contribution in [2.75, 3.05) is 36.4 Å². The van der Waals surface area contributed by atoms with Crippen molar-refractivity contribution in [2.45, 2.75) is 6.92 Å². The summed E-state index contributed by atoms with van der Waals surface area (Å²) in [7, 11) is 0. The summed E-state index contributed by atoms with van der Waals surface area (Å²) in [5.74, 6) is 1.03. The Balaban J connectivity index is 1.42. The number of aromatic amines is 1. The number of aryl methyl sites for hydroxylation is 1. The zero-order chi connectivity index (χ0) is 26.2. The molecule has 6 rings (SSSR count). The van der Waals surface area contributed by atoms with Gasteiger partial charge in [-0.3, -0.25) is 4.79 Å². The molecule has 0 saturated carbocycles. The maximum absolute atomic E-state index is 13.5. The molecule has 38 heavy (non-hydrogen) atoms. The van der Waals surface area contributed by atoms with Crippen LogP contribution in [-0.4, -0.2) is 55.9 Å². The third-order valence-electron chi connectivity index (χ3n) is 6.35. The molecule has 1 fully saturated rings. The summed E-state index contributed by atoms with van der Waals surface area (Å²) in [6.07, 6.45) is 3.13. The smallest absolute Gasteiger partial charge is 0.282 e. The van der Waals surface area contributed by atoms with E-state index in [1.807, 2.05) is 19.1 Å². The molecule has 2 aromatic carbocycles. The van der Waals surface area contributed by atoms with Gasteiger partial charge in [-0.05, 0) is 43.3 Å². The summed E-state index contributed by atoms with van der Waals surface area (Å²) in [6, 6.07) is 13.1. The number of hydrogen-bond donors (Lipinski definition) is 3. The number of aromatic nitrogens is 6. The molecule has 0 bridgehead atoms. The molecule has 3 aromatic heterocycles. The van der Waals surface area contributed by atoms with Gasteiger partial charge in [0.05, 0.1) is 27.3 Å². The largest absolute Gasteiger partial charge is 0.369 e. The number of hydrogen-bond acceptors (Lipinski definition) is 8. The second-order valence-electron chi connectivity index (χ2n) is 8.88. The Labute approximate surface area is 227 Å². The van der Waals surface area contributed by atoms with Crippen LogP contribution in [0.1, 0.15) is 5.82 Å². The lowest BCUT2D eigenvalue weighted by Gasteiger charge is -2.29. The van der Waals surface area contributed by atoms with Gasteiger partial charge >= 0.3 is 0 Å². The number of benzene rings is 2. The van der Waals surface area contributed by atoms with Gasteiger partial charge in [0.25, 0.3) is 5.56 Å². The van der Waals surface area contributed by atoms with Gasteiger partial charge in [0, 0.05) is 43.8 Å². The molecule has 1 aliphatic heterocycles. The molecule has 0 spiro atoms. The average Bonchev–Trinajstić information content (AvgIpc) is 3.36. The number of piperazine rings is 1. The van der Waals surface area contributed by atoms with Crippen molar-refractivity contribution in [1.82, 2.24) is 35.0 Å². The molecule has 1 aliphatic rings. The zero-order valence-electron chi connectivity index (χ0n) is 20.4. The maximum Gasteiger partial charge on any atom is 0.282 e. The van der Waals surface area contributed by atoms with E-state index in [1.54, 1.807) is 24.4 Å². The number of nitrogens with one attached hydrogen (secondary N) is 3. The molecular formula is C26H23Cl2N9O. The molecule has 1 saturated heterocycles. The highest BCUT2D eigenvalue weighted by atomic mass is 35.5. The van der Waals surface area contributed by atoms with Crippen molar-refractivity contribution < 1.29 is 0 Å². The van der Waals surface area contributed by atoms with E-state index in [-0.39, 0.29) is 11.1 Å². The first-order valence-corrected chi connectivity index (χ1v) is 12.8. The van der Waals surface area contributed by atoms with E-state index in [0.717, 1.165) is 37.6 Å². The summed E-state index contributed by atoms with van der Waals surface area (Å²) in [6.45, 7) is 5.72. The minimum atomic E-state index is -0.443. The van der Waals surface area contributed by atoms with Crippen molar-refractivity contribution in [2.24, 2.45) is 0 Å². The number of anilines is 3. The van der Waals surface area contributed by atoms with Crippen molar-refractivity contribution in [3.63, 3.8) is 0 Å². The first kappa shape index (κ1) is 24.4. The Hall–Kier alpha value is -3.99. The minimum Gasteiger partial charge on any atom is -0.369 e. The number of rotatable bonds is 5. The molecule has 0 atom stereocenters. The predicted molar refractivity (Wildman–Crippen MR) is 150 cm³/mol. The van der Waals surface area contributed by atoms with Crippen LogP contribution in [0.2, 0.25) is 10.0 Å². The van der Waals surface area contributed by atoms with Gasteiger partial charge in [-0.1, -0.05) is 29.3 Å². The summed E-state index contributed by atoms with van der Waals surface area (Å²) in [5.41, 5.74) is 3.20. The SMILES string of the molecule is Cc1ncc(-c2nn(-c3c(Cl)cccc3Cl)c(=O)c3cnc(Nc4ccc(N5CCNCC5)cc4)nc23)[nH]1. The average molecular weight is 548 g/mol. The van der Waals surface area contributed by atoms with Crippen LogP contribution in [0.5, 0.6) is 0 Å². The van der Waals surface area contributed by atoms with E-state index in [1.165, 1.54) is 10.9 Å². The number of nitrogens with zero attached hydrogens (tertiary/aromatic N) is 6. The Morgan fingerprint density at radius 2 is 1.71 bits per heavy atom. The van der Waals surface area contributed by atoms with E-state index in [0.29, 0.717) is 38.7 Å². The summed E-state index contributed by atoms with van der Waals surface area (Å²) in [4.78, 5) is 32.4. The molecule has 0 amide bonds. The first-order chi connectivity index (χ1) is 18.5. The van der Waals surface area contributed by atoms with Crippen LogP contribution < -0.4 is 21.1 Å². The fourth-order valence-electron chi connectivity index (χ4n) is 4.46. The first-order valence-electron chi connectivity index (χ1n) is 12.1. The van der Waals surface area contributed by atoms with Crippen LogP contribution >= 0.6 is 23.2 Å². The van der Waals surface area contributed by atoms with Crippen LogP contribution in [-0.2, 0) is 0 Å². The molecule has 12 heteroatoms. The van der Waals surface area contributed by atoms with E-state index in [9.17, 15) is 4.79 Å². The Morgan fingerprint density at radius 3 is 2.39 bits per heavy atom. The third-order valence-corrected chi connectivity index (χ3v) is 6.96. The van der Waals surface area contributed by atoms with E-state index >= 15 is 0 Å². The fourth-order valence-corrected chi connectivity index (χ4v) is 5.02. The van der Waals surface area contributed by atoms with Gasteiger partial charge in [0.2, 0.25) is 5.95 Å². The highest BCUT2D eigenvalue weighted by Gasteiger charge is 2.20. The summed E-state index contributed by atoms with van der Waals surface area (Å²) < 4.78 is 1.18. The second-order valence-corrected chi connectivity index (χ2v) is 9.70. The van der Waals surface area contributed by atoms with E-state index in [2.05, 4.69) is 52.7 Å². The van der Waals surface area contributed by atoms with Crippen molar-refractivity contribution >= 4 is 51.4 Å². The van der Waals surface area contributed by atoms with Crippen molar-refractivity contribution in [3.8, 4) is 17.1 Å². The van der Waals surface area contributed by atoms with Crippen LogP contribution in [0, 0.1) is 6.92 Å². The van der Waals surface area contributed by atoms with Gasteiger partial charge in [0.15, 0.2) is 0 Å². The Morgan fingerprint density at radius 1 is 0.974 bits per heavy atom. The quantitative estimate of drug-likeness (QED) is 0.297. The van der Waals surface area contributed by atoms with Gasteiger partial charge in [-0.2, -0.15) is 9.78 Å². The van der Waals surface area contributed by atoms with Crippen molar-refractivity contribution in [3.05, 3.63) is 81.1 Å². The monoisotopic (exact) mass is 547 g/mol. The molecule has 0 radical (unpaired) electrons. The predicted octanol–water partition coefficient (Wildman–Crippen LogP) is 4.33. The molecule has 192 valence electrons. The molecule has 0 unspecified atom stereocenters. The van der Waals surface area contributed by atoms with Gasteiger partial charge in [-0.15, -0.1) is 0 Å². The standard InChI is InChI=1S/C26H23Cl2N9O/c1-15-30-14-21(32-15)23-22-18(25(38)37(35-23)24-19(27)3-2-4-20(24)28)13-31-26(34-22)33-16-5-7-17(8-6-16)36-11-9-29-10-12-36/h2-8,13-14,29H,9-12H2,1H3,(H,30,32)(H,31,33,34). The highest BCUT2D eigenvalue weighted by Crippen LogP contribution is 2.30. The van der Waals surface area contributed by atoms with Crippen LogP contribution in [0.3, 0.4) is 0 Å². The molecule has 3 N–H and O–H groups in total. The number of H-pyrrole nitrogens is 1. The molecule has 0 aliphatic carbocycles. The maximum atomic E-state index is 13.5. The lowest BCUT2D eigenvalue weighted by atomic mass is 10.2. The lowest BCUT2D eigenvalue weighted by molar-refractivity contribution is 0.589.